The van der Waals surface area contributed by atoms with Crippen molar-refractivity contribution < 1.29 is 18.4 Å². The Kier molecular flexibility index (Phi) is 21.4. The van der Waals surface area contributed by atoms with Crippen molar-refractivity contribution in [3.8, 4) is 20.4 Å². The van der Waals surface area contributed by atoms with Crippen LogP contribution < -0.4 is 0 Å². The number of carbonyl (C=O) groups excluding carboxylic acids is 2. The van der Waals surface area contributed by atoms with E-state index in [0.717, 1.165) is 67.8 Å². The molecule has 0 bridgehead atoms. The van der Waals surface area contributed by atoms with Crippen LogP contribution in [0, 0.1) is 11.8 Å². The third kappa shape index (κ3) is 14.8. The minimum atomic E-state index is -0.238. The molecule has 2 aliphatic rings. The van der Waals surface area contributed by atoms with Gasteiger partial charge in [0.05, 0.1) is 16.0 Å². The molecule has 4 aromatic rings. The molecule has 0 radical (unpaired) electrons. The lowest BCUT2D eigenvalue weighted by Crippen LogP contribution is -2.34. The molecule has 6 heterocycles. The zero-order chi connectivity index (χ0) is 50.3. The molecule has 4 aromatic heterocycles. The van der Waals surface area contributed by atoms with Crippen LogP contribution in [0.3, 0.4) is 0 Å². The summed E-state index contributed by atoms with van der Waals surface area (Å²) < 4.78 is 13.7. The molecule has 0 aliphatic carbocycles. The number of nitrogens with zero attached hydrogens (tertiary/aromatic N) is 2. The van der Waals surface area contributed by atoms with Crippen LogP contribution in [0.1, 0.15) is 245 Å². The second-order valence-corrected chi connectivity index (χ2v) is 25.1. The number of fused-ring (bicyclic) bond motifs is 1. The van der Waals surface area contributed by atoms with Crippen molar-refractivity contribution in [1.29, 1.82) is 0 Å². The van der Waals surface area contributed by atoms with Crippen LogP contribution in [0.4, 0.5) is 0 Å². The highest BCUT2D eigenvalue weighted by Crippen LogP contribution is 2.50. The Morgan fingerprint density at radius 3 is 1.26 bits per heavy atom. The maximum Gasteiger partial charge on any atom is 0.261 e. The van der Waals surface area contributed by atoms with Gasteiger partial charge in [0.1, 0.15) is 22.9 Å². The summed E-state index contributed by atoms with van der Waals surface area (Å²) in [6.45, 7) is 23.5. The van der Waals surface area contributed by atoms with E-state index in [0.29, 0.717) is 59.0 Å². The summed E-state index contributed by atoms with van der Waals surface area (Å²) in [6, 6.07) is 17.0. The van der Waals surface area contributed by atoms with Crippen LogP contribution in [-0.2, 0) is 20.4 Å². The van der Waals surface area contributed by atoms with Crippen molar-refractivity contribution in [3.63, 3.8) is 0 Å². The largest absolute Gasteiger partial charge is 0.459 e. The molecule has 70 heavy (non-hydrogen) atoms. The van der Waals surface area contributed by atoms with Gasteiger partial charge in [-0.2, -0.15) is 0 Å². The molecule has 0 aromatic carbocycles. The van der Waals surface area contributed by atoms with Gasteiger partial charge in [0.2, 0.25) is 0 Å². The molecule has 8 heteroatoms. The average molecular weight is 994 g/mol. The lowest BCUT2D eigenvalue weighted by atomic mass is 9.93. The Bertz CT molecular complexity index is 2300. The Labute approximate surface area is 433 Å². The molecule has 2 amide bonds. The van der Waals surface area contributed by atoms with Crippen LogP contribution in [0.15, 0.2) is 68.5 Å². The lowest BCUT2D eigenvalue weighted by molar-refractivity contribution is -0.124. The first kappa shape index (κ1) is 55.7. The molecule has 0 fully saturated rings. The van der Waals surface area contributed by atoms with Crippen molar-refractivity contribution in [2.24, 2.45) is 11.8 Å². The van der Waals surface area contributed by atoms with Gasteiger partial charge in [-0.05, 0) is 91.5 Å². The second-order valence-electron chi connectivity index (χ2n) is 23.0. The minimum Gasteiger partial charge on any atom is -0.459 e. The SMILES string of the molecule is CCCCCCCCC(CCCCCC)CN1C(=O)C2=C(c3ccc(C(C)(C)C)o3)N(CC(CCCCCC)CCCCCCCC)C(=O)C2=C1c1ccc(-c2ccc(-c3ccc(C(C)(C)C)s3)s2)o1. The normalized spacial score (nSPS) is 15.4. The standard InChI is InChI=1S/C62H92N2O4S2/c1-11-15-19-23-25-29-33-45(31-27-21-17-13-3)43-63-57(48-36-35-47(67-48)50-38-39-51(69-50)52-40-42-54(70-52)62(8,9)10)55-56(60(63)66)58(49-37-41-53(68-49)61(5,6)7)64(59(55)65)44-46(32-28-22-18-14-4)34-30-26-24-20-16-12-2/h35-42,45-46H,11-34,43-44H2,1-10H3. The predicted molar refractivity (Wildman–Crippen MR) is 299 cm³/mol. The summed E-state index contributed by atoms with van der Waals surface area (Å²) in [7, 11) is 0. The van der Waals surface area contributed by atoms with Gasteiger partial charge in [-0.25, -0.2) is 0 Å². The maximum absolute atomic E-state index is 15.7. The lowest BCUT2D eigenvalue weighted by Gasteiger charge is -2.29. The number of furan rings is 2. The first-order valence-electron chi connectivity index (χ1n) is 28.2. The topological polar surface area (TPSA) is 66.9 Å². The number of hydrogen-bond acceptors (Lipinski definition) is 6. The average Bonchev–Trinajstić information content (AvgIpc) is 4.19. The van der Waals surface area contributed by atoms with E-state index in [-0.39, 0.29) is 22.6 Å². The molecule has 0 saturated heterocycles. The molecule has 0 saturated carbocycles. The highest BCUT2D eigenvalue weighted by atomic mass is 32.1. The van der Waals surface area contributed by atoms with Crippen LogP contribution >= 0.6 is 22.7 Å². The first-order valence-corrected chi connectivity index (χ1v) is 29.9. The highest BCUT2D eigenvalue weighted by Gasteiger charge is 2.51. The van der Waals surface area contributed by atoms with Crippen molar-refractivity contribution >= 4 is 45.9 Å². The summed E-state index contributed by atoms with van der Waals surface area (Å²) in [5.41, 5.74) is 2.13. The maximum atomic E-state index is 15.7. The van der Waals surface area contributed by atoms with E-state index >= 15 is 9.59 Å². The van der Waals surface area contributed by atoms with Gasteiger partial charge < -0.3 is 18.6 Å². The molecule has 0 spiro atoms. The number of unbranched alkanes of at least 4 members (excludes halogenated alkanes) is 16. The van der Waals surface area contributed by atoms with E-state index in [2.05, 4.69) is 93.5 Å². The molecule has 2 unspecified atom stereocenters. The van der Waals surface area contributed by atoms with E-state index in [1.54, 1.807) is 11.3 Å². The van der Waals surface area contributed by atoms with E-state index in [1.807, 2.05) is 45.4 Å². The summed E-state index contributed by atoms with van der Waals surface area (Å²) >= 11 is 3.59. The fourth-order valence-electron chi connectivity index (χ4n) is 10.5. The van der Waals surface area contributed by atoms with E-state index in [4.69, 9.17) is 8.83 Å². The van der Waals surface area contributed by atoms with Crippen molar-refractivity contribution in [2.45, 2.75) is 234 Å². The molecule has 2 atom stereocenters. The second kappa shape index (κ2) is 26.9. The van der Waals surface area contributed by atoms with Crippen LogP contribution in [-0.4, -0.2) is 34.7 Å². The third-order valence-corrected chi connectivity index (χ3v) is 17.6. The predicted octanol–water partition coefficient (Wildman–Crippen LogP) is 19.4. The first-order chi connectivity index (χ1) is 33.7. The number of thiophene rings is 2. The van der Waals surface area contributed by atoms with Gasteiger partial charge in [-0.3, -0.25) is 9.59 Å². The summed E-state index contributed by atoms with van der Waals surface area (Å²) in [5.74, 6) is 3.26. The highest BCUT2D eigenvalue weighted by molar-refractivity contribution is 7.23. The summed E-state index contributed by atoms with van der Waals surface area (Å²) in [5, 5.41) is 0. The number of carbonyl (C=O) groups is 2. The van der Waals surface area contributed by atoms with Crippen LogP contribution in [0.5, 0.6) is 0 Å². The van der Waals surface area contributed by atoms with Crippen molar-refractivity contribution in [2.75, 3.05) is 13.1 Å². The van der Waals surface area contributed by atoms with Gasteiger partial charge in [-0.1, -0.05) is 198 Å². The minimum absolute atomic E-state index is 0.0924. The monoisotopic (exact) mass is 993 g/mol. The Hall–Kier alpha value is -3.62. The molecule has 2 aliphatic heterocycles. The quantitative estimate of drug-likeness (QED) is 0.0457. The molecule has 6 nitrogen and oxygen atoms in total. The van der Waals surface area contributed by atoms with Crippen molar-refractivity contribution in [3.05, 3.63) is 81.8 Å². The van der Waals surface area contributed by atoms with E-state index < -0.39 is 0 Å². The smallest absolute Gasteiger partial charge is 0.261 e. The number of hydrogen-bond donors (Lipinski definition) is 0. The Balaban J connectivity index is 1.43. The Morgan fingerprint density at radius 1 is 0.429 bits per heavy atom. The van der Waals surface area contributed by atoms with Crippen LogP contribution in [0.2, 0.25) is 0 Å². The fourth-order valence-corrected chi connectivity index (χ4v) is 12.6. The molecule has 6 rings (SSSR count). The number of rotatable bonds is 32. The number of amides is 2. The molecular weight excluding hydrogens is 901 g/mol. The van der Waals surface area contributed by atoms with E-state index in [1.165, 1.54) is 117 Å². The van der Waals surface area contributed by atoms with Gasteiger partial charge in [-0.15, -0.1) is 22.7 Å². The van der Waals surface area contributed by atoms with Gasteiger partial charge in [0, 0.05) is 33.1 Å². The van der Waals surface area contributed by atoms with Crippen LogP contribution in [0.25, 0.3) is 31.8 Å². The summed E-state index contributed by atoms with van der Waals surface area (Å²) in [6.07, 6.45) is 28.8. The molecule has 386 valence electrons. The third-order valence-electron chi connectivity index (χ3n) is 14.8. The Morgan fingerprint density at radius 2 is 0.814 bits per heavy atom. The van der Waals surface area contributed by atoms with Gasteiger partial charge in [0.15, 0.2) is 11.5 Å². The van der Waals surface area contributed by atoms with Gasteiger partial charge in [0.25, 0.3) is 11.8 Å². The molecule has 0 N–H and O–H groups in total. The summed E-state index contributed by atoms with van der Waals surface area (Å²) in [4.78, 5) is 40.2. The van der Waals surface area contributed by atoms with E-state index in [9.17, 15) is 0 Å². The fraction of sp³-hybridized carbons (Fsp3) is 0.645. The zero-order valence-electron chi connectivity index (χ0n) is 45.5. The van der Waals surface area contributed by atoms with Gasteiger partial charge >= 0.3 is 0 Å². The molecular formula is C62H92N2O4S2. The zero-order valence-corrected chi connectivity index (χ0v) is 47.1. The van der Waals surface area contributed by atoms with Crippen molar-refractivity contribution in [1.82, 2.24) is 9.80 Å².